The number of hydrogen-bond donors (Lipinski definition) is 2. The lowest BCUT2D eigenvalue weighted by Gasteiger charge is -2.27. The van der Waals surface area contributed by atoms with Crippen LogP contribution in [0, 0.1) is 0 Å². The molecule has 0 atom stereocenters. The molecule has 27 heavy (non-hydrogen) atoms. The molecule has 7 nitrogen and oxygen atoms in total. The Labute approximate surface area is 160 Å². The molecule has 0 spiro atoms. The number of likely N-dealkylation sites (tertiary alicyclic amines) is 1. The van der Waals surface area contributed by atoms with Crippen LogP contribution in [0.2, 0.25) is 0 Å². The average Bonchev–Trinajstić information content (AvgIpc) is 3.26. The molecule has 1 amide bonds. The highest BCUT2D eigenvalue weighted by Gasteiger charge is 2.16. The summed E-state index contributed by atoms with van der Waals surface area (Å²) >= 11 is 0. The van der Waals surface area contributed by atoms with Crippen LogP contribution in [-0.2, 0) is 11.2 Å². The number of carbonyl (C=O) groups excluding carboxylic acids is 1. The lowest BCUT2D eigenvalue weighted by molar-refractivity contribution is -0.130. The van der Waals surface area contributed by atoms with E-state index in [2.05, 4.69) is 45.0 Å². The van der Waals surface area contributed by atoms with Crippen molar-refractivity contribution < 1.29 is 4.79 Å². The molecule has 0 bridgehead atoms. The fourth-order valence-electron chi connectivity index (χ4n) is 3.20. The number of aromatic nitrogens is 2. The maximum Gasteiger partial charge on any atom is 0.241 e. The monoisotopic (exact) mass is 368 g/mol. The van der Waals surface area contributed by atoms with Gasteiger partial charge in [-0.15, -0.1) is 0 Å². The van der Waals surface area contributed by atoms with Gasteiger partial charge in [-0.05, 0) is 49.4 Å². The number of amides is 1. The summed E-state index contributed by atoms with van der Waals surface area (Å²) in [6.07, 6.45) is 8.02. The Morgan fingerprint density at radius 1 is 1.15 bits per heavy atom. The number of rotatable bonds is 6. The van der Waals surface area contributed by atoms with Crippen molar-refractivity contribution in [3.05, 3.63) is 48.3 Å². The predicted molar refractivity (Wildman–Crippen MR) is 107 cm³/mol. The number of nitrogens with one attached hydrogen (secondary N) is 2. The molecule has 7 heteroatoms. The lowest BCUT2D eigenvalue weighted by atomic mass is 10.1. The molecule has 1 aromatic heterocycles. The van der Waals surface area contributed by atoms with Gasteiger partial charge in [0.05, 0.1) is 12.2 Å². The van der Waals surface area contributed by atoms with Gasteiger partial charge in [-0.3, -0.25) is 9.79 Å². The second-order valence-corrected chi connectivity index (χ2v) is 6.66. The van der Waals surface area contributed by atoms with Gasteiger partial charge in [0.15, 0.2) is 5.96 Å². The zero-order chi connectivity index (χ0) is 18.9. The van der Waals surface area contributed by atoms with Gasteiger partial charge in [0.2, 0.25) is 5.91 Å². The molecular weight excluding hydrogens is 340 g/mol. The Hall–Kier alpha value is -2.83. The minimum absolute atomic E-state index is 0.145. The standard InChI is InChI=1S/C20H28N6O/c1-21-20(23-16-19(27)25-13-3-2-4-14-25)22-12-10-17-6-8-18(9-7-17)26-15-5-11-24-26/h5-9,11,15H,2-4,10,12-14,16H2,1H3,(H2,21,22,23). The van der Waals surface area contributed by atoms with Gasteiger partial charge in [0.25, 0.3) is 0 Å². The first kappa shape index (κ1) is 18.9. The van der Waals surface area contributed by atoms with Gasteiger partial charge in [-0.25, -0.2) is 4.68 Å². The normalized spacial score (nSPS) is 14.9. The lowest BCUT2D eigenvalue weighted by Crippen LogP contribution is -2.46. The van der Waals surface area contributed by atoms with E-state index in [-0.39, 0.29) is 12.5 Å². The van der Waals surface area contributed by atoms with E-state index in [1.165, 1.54) is 12.0 Å². The van der Waals surface area contributed by atoms with E-state index in [0.717, 1.165) is 44.6 Å². The molecule has 1 fully saturated rings. The van der Waals surface area contributed by atoms with Crippen molar-refractivity contribution in [2.24, 2.45) is 4.99 Å². The van der Waals surface area contributed by atoms with Crippen molar-refractivity contribution >= 4 is 11.9 Å². The minimum atomic E-state index is 0.145. The summed E-state index contributed by atoms with van der Waals surface area (Å²) in [5.41, 5.74) is 2.28. The van der Waals surface area contributed by atoms with Crippen LogP contribution < -0.4 is 10.6 Å². The number of nitrogens with zero attached hydrogens (tertiary/aromatic N) is 4. The number of piperidine rings is 1. The summed E-state index contributed by atoms with van der Waals surface area (Å²) in [5.74, 6) is 0.806. The third kappa shape index (κ3) is 5.57. The van der Waals surface area contributed by atoms with Crippen LogP contribution in [0.25, 0.3) is 5.69 Å². The SMILES string of the molecule is CN=C(NCCc1ccc(-n2cccn2)cc1)NCC(=O)N1CCCCC1. The Balaban J connectivity index is 1.39. The molecule has 0 unspecified atom stereocenters. The van der Waals surface area contributed by atoms with Crippen LogP contribution >= 0.6 is 0 Å². The molecule has 3 rings (SSSR count). The van der Waals surface area contributed by atoms with Crippen molar-refractivity contribution in [3.8, 4) is 5.69 Å². The number of aliphatic imine (C=N–C) groups is 1. The van der Waals surface area contributed by atoms with Crippen molar-refractivity contribution in [2.45, 2.75) is 25.7 Å². The Bertz CT molecular complexity index is 732. The van der Waals surface area contributed by atoms with Crippen LogP contribution in [0.15, 0.2) is 47.7 Å². The highest BCUT2D eigenvalue weighted by molar-refractivity contribution is 5.86. The molecule has 1 aliphatic rings. The zero-order valence-corrected chi connectivity index (χ0v) is 15.9. The van der Waals surface area contributed by atoms with E-state index in [0.29, 0.717) is 5.96 Å². The van der Waals surface area contributed by atoms with E-state index >= 15 is 0 Å². The van der Waals surface area contributed by atoms with E-state index in [1.807, 2.05) is 21.8 Å². The minimum Gasteiger partial charge on any atom is -0.356 e. The smallest absolute Gasteiger partial charge is 0.241 e. The van der Waals surface area contributed by atoms with Crippen LogP contribution in [0.5, 0.6) is 0 Å². The van der Waals surface area contributed by atoms with Crippen LogP contribution in [-0.4, -0.2) is 59.8 Å². The van der Waals surface area contributed by atoms with E-state index in [9.17, 15) is 4.79 Å². The summed E-state index contributed by atoms with van der Waals surface area (Å²) in [4.78, 5) is 18.3. The van der Waals surface area contributed by atoms with Gasteiger partial charge in [0.1, 0.15) is 0 Å². The number of guanidine groups is 1. The first-order valence-corrected chi connectivity index (χ1v) is 9.57. The first-order valence-electron chi connectivity index (χ1n) is 9.57. The second-order valence-electron chi connectivity index (χ2n) is 6.66. The highest BCUT2D eigenvalue weighted by atomic mass is 16.2. The molecular formula is C20H28N6O. The maximum atomic E-state index is 12.2. The predicted octanol–water partition coefficient (Wildman–Crippen LogP) is 1.59. The van der Waals surface area contributed by atoms with Gasteiger partial charge >= 0.3 is 0 Å². The summed E-state index contributed by atoms with van der Waals surface area (Å²) in [6, 6.07) is 10.2. The van der Waals surface area contributed by atoms with E-state index < -0.39 is 0 Å². The van der Waals surface area contributed by atoms with Gasteiger partial charge in [0, 0.05) is 39.1 Å². The molecule has 2 heterocycles. The molecule has 1 aromatic carbocycles. The summed E-state index contributed by atoms with van der Waals surface area (Å²) in [7, 11) is 1.72. The van der Waals surface area contributed by atoms with Crippen molar-refractivity contribution in [1.29, 1.82) is 0 Å². The quantitative estimate of drug-likeness (QED) is 0.600. The average molecular weight is 368 g/mol. The van der Waals surface area contributed by atoms with Crippen LogP contribution in [0.1, 0.15) is 24.8 Å². The topological polar surface area (TPSA) is 74.5 Å². The van der Waals surface area contributed by atoms with Crippen molar-refractivity contribution in [2.75, 3.05) is 33.2 Å². The Kier molecular flexibility index (Phi) is 6.84. The zero-order valence-electron chi connectivity index (χ0n) is 15.9. The largest absolute Gasteiger partial charge is 0.356 e. The number of hydrogen-bond acceptors (Lipinski definition) is 3. The second kappa shape index (κ2) is 9.75. The van der Waals surface area contributed by atoms with Gasteiger partial charge < -0.3 is 15.5 Å². The fourth-order valence-corrected chi connectivity index (χ4v) is 3.20. The molecule has 144 valence electrons. The molecule has 2 N–H and O–H groups in total. The van der Waals surface area contributed by atoms with Crippen LogP contribution in [0.3, 0.4) is 0 Å². The highest BCUT2D eigenvalue weighted by Crippen LogP contribution is 2.09. The molecule has 1 saturated heterocycles. The third-order valence-electron chi connectivity index (χ3n) is 4.75. The fraction of sp³-hybridized carbons (Fsp3) is 0.450. The third-order valence-corrected chi connectivity index (χ3v) is 4.75. The molecule has 0 saturated carbocycles. The van der Waals surface area contributed by atoms with Crippen molar-refractivity contribution in [1.82, 2.24) is 25.3 Å². The molecule has 2 aromatic rings. The number of carbonyl (C=O) groups is 1. The van der Waals surface area contributed by atoms with Gasteiger partial charge in [-0.1, -0.05) is 12.1 Å². The summed E-state index contributed by atoms with van der Waals surface area (Å²) in [6.45, 7) is 2.79. The van der Waals surface area contributed by atoms with Crippen LogP contribution in [0.4, 0.5) is 0 Å². The molecule has 0 aliphatic carbocycles. The first-order chi connectivity index (χ1) is 13.3. The van der Waals surface area contributed by atoms with E-state index in [1.54, 1.807) is 13.2 Å². The molecule has 1 aliphatic heterocycles. The maximum absolute atomic E-state index is 12.2. The Morgan fingerprint density at radius 2 is 1.93 bits per heavy atom. The van der Waals surface area contributed by atoms with Crippen molar-refractivity contribution in [3.63, 3.8) is 0 Å². The molecule has 0 radical (unpaired) electrons. The van der Waals surface area contributed by atoms with Gasteiger partial charge in [-0.2, -0.15) is 5.10 Å². The summed E-state index contributed by atoms with van der Waals surface area (Å²) in [5, 5.41) is 10.6. The van der Waals surface area contributed by atoms with E-state index in [4.69, 9.17) is 0 Å². The Morgan fingerprint density at radius 3 is 2.59 bits per heavy atom. The summed E-state index contributed by atoms with van der Waals surface area (Å²) < 4.78 is 1.84. The number of benzene rings is 1.